The van der Waals surface area contributed by atoms with Gasteiger partial charge >= 0.3 is 0 Å². The Morgan fingerprint density at radius 1 is 0.939 bits per heavy atom. The Morgan fingerprint density at radius 3 is 2.73 bits per heavy atom. The number of rotatable bonds is 4. The predicted octanol–water partition coefficient (Wildman–Crippen LogP) is 5.48. The maximum atomic E-state index is 13.1. The van der Waals surface area contributed by atoms with E-state index in [0.717, 1.165) is 44.6 Å². The second-order valence-corrected chi connectivity index (χ2v) is 8.34. The lowest BCUT2D eigenvalue weighted by molar-refractivity contribution is 0.103. The fraction of sp³-hybridized carbons (Fsp3) is 0.0400. The monoisotopic (exact) mass is 452 g/mol. The third kappa shape index (κ3) is 3.48. The van der Waals surface area contributed by atoms with E-state index < -0.39 is 0 Å². The third-order valence-electron chi connectivity index (χ3n) is 5.60. The van der Waals surface area contributed by atoms with Gasteiger partial charge in [-0.05, 0) is 48.9 Å². The van der Waals surface area contributed by atoms with Crippen LogP contribution in [0.4, 0.5) is 0 Å². The van der Waals surface area contributed by atoms with E-state index in [4.69, 9.17) is 11.6 Å². The van der Waals surface area contributed by atoms with Gasteiger partial charge < -0.3 is 9.97 Å². The van der Waals surface area contributed by atoms with Crippen LogP contribution in [-0.4, -0.2) is 35.5 Å². The van der Waals surface area contributed by atoms with E-state index in [2.05, 4.69) is 25.0 Å². The van der Waals surface area contributed by atoms with Crippen molar-refractivity contribution in [1.29, 1.82) is 0 Å². The van der Waals surface area contributed by atoms with E-state index in [1.165, 1.54) is 0 Å². The van der Waals surface area contributed by atoms with Crippen molar-refractivity contribution in [3.05, 3.63) is 95.4 Å². The molecule has 6 rings (SSSR count). The first-order valence-corrected chi connectivity index (χ1v) is 10.7. The summed E-state index contributed by atoms with van der Waals surface area (Å²) >= 11 is 6.07. The Hall–Kier alpha value is -4.23. The molecule has 0 amide bonds. The van der Waals surface area contributed by atoms with Crippen LogP contribution in [0.5, 0.6) is 0 Å². The van der Waals surface area contributed by atoms with Crippen molar-refractivity contribution in [2.24, 2.45) is 0 Å². The summed E-state index contributed by atoms with van der Waals surface area (Å²) < 4.78 is 1.69. The zero-order valence-corrected chi connectivity index (χ0v) is 18.3. The molecule has 0 aliphatic carbocycles. The normalized spacial score (nSPS) is 11.5. The fourth-order valence-corrected chi connectivity index (χ4v) is 4.18. The van der Waals surface area contributed by atoms with Crippen molar-refractivity contribution in [1.82, 2.24) is 29.7 Å². The number of nitrogens with one attached hydrogen (secondary N) is 2. The highest BCUT2D eigenvalue weighted by Gasteiger charge is 2.15. The van der Waals surface area contributed by atoms with E-state index in [1.807, 2.05) is 55.5 Å². The number of imidazole rings is 1. The Balaban J connectivity index is 1.31. The summed E-state index contributed by atoms with van der Waals surface area (Å²) in [6.07, 6.45) is 6.68. The third-order valence-corrected chi connectivity index (χ3v) is 5.81. The number of fused-ring (bicyclic) bond motifs is 2. The molecule has 0 radical (unpaired) electrons. The van der Waals surface area contributed by atoms with Crippen molar-refractivity contribution in [3.8, 4) is 16.8 Å². The highest BCUT2D eigenvalue weighted by Crippen LogP contribution is 2.27. The van der Waals surface area contributed by atoms with Gasteiger partial charge in [0.25, 0.3) is 0 Å². The molecule has 0 aliphatic rings. The molecular formula is C25H17ClN6O. The Morgan fingerprint density at radius 2 is 1.85 bits per heavy atom. The number of carbonyl (C=O) groups excluding carboxylic acids is 1. The fourth-order valence-electron chi connectivity index (χ4n) is 4.00. The molecule has 0 atom stereocenters. The standard InChI is InChI=1S/C25H17ClN6O/c1-14-29-21-5-4-20(9-23(21)30-14)32-13-18(11-28-32)25(33)24-8-16-3-2-15(7-22(16)31-24)17-6-19(26)12-27-10-17/h2-13,31H,1H3,(H,29,30). The highest BCUT2D eigenvalue weighted by molar-refractivity contribution is 6.30. The number of carbonyl (C=O) groups is 1. The first kappa shape index (κ1) is 19.5. The molecule has 0 unspecified atom stereocenters. The summed E-state index contributed by atoms with van der Waals surface area (Å²) in [7, 11) is 0. The molecule has 0 fully saturated rings. The van der Waals surface area contributed by atoms with Gasteiger partial charge in [-0.1, -0.05) is 23.7 Å². The minimum Gasteiger partial charge on any atom is -0.352 e. The Labute approximate surface area is 193 Å². The minimum atomic E-state index is -0.123. The van der Waals surface area contributed by atoms with E-state index >= 15 is 0 Å². The van der Waals surface area contributed by atoms with Crippen molar-refractivity contribution in [2.75, 3.05) is 0 Å². The van der Waals surface area contributed by atoms with Gasteiger partial charge in [0, 0.05) is 35.1 Å². The minimum absolute atomic E-state index is 0.123. The summed E-state index contributed by atoms with van der Waals surface area (Å²) in [5.74, 6) is 0.731. The molecule has 0 spiro atoms. The quantitative estimate of drug-likeness (QED) is 0.346. The largest absolute Gasteiger partial charge is 0.352 e. The number of ketones is 1. The van der Waals surface area contributed by atoms with Crippen LogP contribution < -0.4 is 0 Å². The molecule has 2 N–H and O–H groups in total. The number of aromatic amines is 2. The lowest BCUT2D eigenvalue weighted by Gasteiger charge is -2.01. The Kier molecular flexibility index (Phi) is 4.38. The number of benzene rings is 2. The zero-order valence-electron chi connectivity index (χ0n) is 17.5. The van der Waals surface area contributed by atoms with Gasteiger partial charge in [0.1, 0.15) is 5.82 Å². The molecule has 7 nitrogen and oxygen atoms in total. The number of nitrogens with zero attached hydrogens (tertiary/aromatic N) is 4. The van der Waals surface area contributed by atoms with Crippen molar-refractivity contribution in [3.63, 3.8) is 0 Å². The lowest BCUT2D eigenvalue weighted by atomic mass is 10.1. The molecule has 160 valence electrons. The maximum Gasteiger partial charge on any atom is 0.212 e. The first-order chi connectivity index (χ1) is 16.0. The van der Waals surface area contributed by atoms with Crippen molar-refractivity contribution >= 4 is 39.3 Å². The van der Waals surface area contributed by atoms with Crippen LogP contribution in [-0.2, 0) is 0 Å². The molecular weight excluding hydrogens is 436 g/mol. The van der Waals surface area contributed by atoms with Crippen LogP contribution in [0.2, 0.25) is 5.02 Å². The molecule has 0 aliphatic heterocycles. The number of pyridine rings is 1. The van der Waals surface area contributed by atoms with Crippen LogP contribution in [0.1, 0.15) is 21.9 Å². The number of H-pyrrole nitrogens is 2. The second kappa shape index (κ2) is 7.43. The van der Waals surface area contributed by atoms with E-state index in [9.17, 15) is 4.79 Å². The van der Waals surface area contributed by atoms with Gasteiger partial charge in [0.2, 0.25) is 5.78 Å². The summed E-state index contributed by atoms with van der Waals surface area (Å²) in [5, 5.41) is 5.92. The summed E-state index contributed by atoms with van der Waals surface area (Å²) in [5.41, 5.74) is 6.42. The highest BCUT2D eigenvalue weighted by atomic mass is 35.5. The average molecular weight is 453 g/mol. The molecule has 6 aromatic rings. The van der Waals surface area contributed by atoms with Gasteiger partial charge in [-0.15, -0.1) is 0 Å². The second-order valence-electron chi connectivity index (χ2n) is 7.90. The number of aromatic nitrogens is 6. The van der Waals surface area contributed by atoms with Crippen LogP contribution >= 0.6 is 11.6 Å². The summed E-state index contributed by atoms with van der Waals surface area (Å²) in [6.45, 7) is 1.92. The molecule has 33 heavy (non-hydrogen) atoms. The topological polar surface area (TPSA) is 92.2 Å². The van der Waals surface area contributed by atoms with Crippen LogP contribution in [0.3, 0.4) is 0 Å². The summed E-state index contributed by atoms with van der Waals surface area (Å²) in [4.78, 5) is 28.2. The maximum absolute atomic E-state index is 13.1. The van der Waals surface area contributed by atoms with Crippen molar-refractivity contribution < 1.29 is 4.79 Å². The molecule has 8 heteroatoms. The number of halogens is 1. The Bertz CT molecular complexity index is 1680. The zero-order chi connectivity index (χ0) is 22.5. The first-order valence-electron chi connectivity index (χ1n) is 10.3. The smallest absolute Gasteiger partial charge is 0.212 e. The number of hydrogen-bond donors (Lipinski definition) is 2. The molecule has 0 saturated carbocycles. The van der Waals surface area contributed by atoms with Crippen LogP contribution in [0.15, 0.2) is 73.3 Å². The van der Waals surface area contributed by atoms with E-state index in [-0.39, 0.29) is 5.78 Å². The van der Waals surface area contributed by atoms with Gasteiger partial charge in [0.15, 0.2) is 0 Å². The molecule has 4 aromatic heterocycles. The van der Waals surface area contributed by atoms with E-state index in [0.29, 0.717) is 16.3 Å². The van der Waals surface area contributed by atoms with Gasteiger partial charge in [-0.3, -0.25) is 9.78 Å². The van der Waals surface area contributed by atoms with Crippen molar-refractivity contribution in [2.45, 2.75) is 6.92 Å². The van der Waals surface area contributed by atoms with Gasteiger partial charge in [-0.25, -0.2) is 9.67 Å². The SMILES string of the molecule is Cc1nc2ccc(-n3cc(C(=O)c4cc5ccc(-c6cncc(Cl)c6)cc5[nH]4)cn3)cc2[nH]1. The number of aryl methyl sites for hydroxylation is 1. The predicted molar refractivity (Wildman–Crippen MR) is 128 cm³/mol. The molecule has 0 bridgehead atoms. The van der Waals surface area contributed by atoms with Crippen LogP contribution in [0.25, 0.3) is 38.8 Å². The summed E-state index contributed by atoms with van der Waals surface area (Å²) in [6, 6.07) is 15.5. The molecule has 0 saturated heterocycles. The lowest BCUT2D eigenvalue weighted by Crippen LogP contribution is -2.00. The molecule has 2 aromatic carbocycles. The number of hydrogen-bond acceptors (Lipinski definition) is 4. The van der Waals surface area contributed by atoms with Gasteiger partial charge in [0.05, 0.1) is 39.2 Å². The average Bonchev–Trinajstić information content (AvgIpc) is 3.54. The molecule has 4 heterocycles. The van der Waals surface area contributed by atoms with Crippen LogP contribution in [0, 0.1) is 6.92 Å². The van der Waals surface area contributed by atoms with Gasteiger partial charge in [-0.2, -0.15) is 5.10 Å². The van der Waals surface area contributed by atoms with E-state index in [1.54, 1.807) is 29.5 Å².